The Labute approximate surface area is 187 Å². The van der Waals surface area contributed by atoms with E-state index in [4.69, 9.17) is 4.74 Å². The Morgan fingerprint density at radius 3 is 2.66 bits per heavy atom. The van der Waals surface area contributed by atoms with Crippen LogP contribution in [0.5, 0.6) is 5.75 Å². The van der Waals surface area contributed by atoms with Gasteiger partial charge in [0.05, 0.1) is 29.6 Å². The SMILES string of the molecule is CCNC(=O)N(C)C1=C(N2Cc3ccccc3C2=O)c2c(ccc(C#N)c2C)OC1(C)C. The van der Waals surface area contributed by atoms with E-state index in [2.05, 4.69) is 11.4 Å². The van der Waals surface area contributed by atoms with Crippen molar-refractivity contribution in [2.24, 2.45) is 0 Å². The monoisotopic (exact) mass is 430 g/mol. The Morgan fingerprint density at radius 2 is 2.00 bits per heavy atom. The zero-order valence-corrected chi connectivity index (χ0v) is 18.9. The standard InChI is InChI=1S/C25H26N4O3/c1-6-27-24(31)28(5)22-21(29-14-17-9-7-8-10-18(17)23(29)30)20-15(2)16(13-26)11-12-19(20)32-25(22,3)4/h7-12H,6,14H2,1-5H3,(H,27,31). The summed E-state index contributed by atoms with van der Waals surface area (Å²) >= 11 is 0. The fourth-order valence-corrected chi connectivity index (χ4v) is 4.55. The third-order valence-corrected chi connectivity index (χ3v) is 6.00. The minimum absolute atomic E-state index is 0.136. The van der Waals surface area contributed by atoms with Crippen LogP contribution in [0.4, 0.5) is 4.79 Å². The second-order valence-corrected chi connectivity index (χ2v) is 8.48. The minimum atomic E-state index is -0.905. The first kappa shape index (κ1) is 21.4. The maximum absolute atomic E-state index is 13.5. The summed E-state index contributed by atoms with van der Waals surface area (Å²) in [6, 6.07) is 12.9. The number of nitrogens with one attached hydrogen (secondary N) is 1. The van der Waals surface area contributed by atoms with Crippen LogP contribution >= 0.6 is 0 Å². The highest BCUT2D eigenvalue weighted by Crippen LogP contribution is 2.47. The van der Waals surface area contributed by atoms with Gasteiger partial charge >= 0.3 is 6.03 Å². The number of rotatable bonds is 3. The van der Waals surface area contributed by atoms with Crippen molar-refractivity contribution < 1.29 is 14.3 Å². The maximum atomic E-state index is 13.5. The molecule has 0 atom stereocenters. The Hall–Kier alpha value is -3.79. The Bertz CT molecular complexity index is 1210. The molecule has 2 aliphatic heterocycles. The Balaban J connectivity index is 2.02. The van der Waals surface area contributed by atoms with Crippen molar-refractivity contribution in [2.75, 3.05) is 13.6 Å². The Kier molecular flexibility index (Phi) is 5.17. The van der Waals surface area contributed by atoms with E-state index in [1.54, 1.807) is 24.1 Å². The van der Waals surface area contributed by atoms with Gasteiger partial charge in [0.1, 0.15) is 11.4 Å². The number of ether oxygens (including phenoxy) is 1. The first-order valence-corrected chi connectivity index (χ1v) is 10.6. The molecule has 7 heteroatoms. The molecular formula is C25H26N4O3. The molecule has 0 bridgehead atoms. The van der Waals surface area contributed by atoms with Gasteiger partial charge in [0.25, 0.3) is 5.91 Å². The average Bonchev–Trinajstić information content (AvgIpc) is 3.08. The van der Waals surface area contributed by atoms with Crippen molar-refractivity contribution in [3.05, 3.63) is 69.9 Å². The lowest BCUT2D eigenvalue weighted by atomic mass is 9.89. The number of hydrogen-bond donors (Lipinski definition) is 1. The van der Waals surface area contributed by atoms with Gasteiger partial charge in [-0.25, -0.2) is 4.79 Å². The first-order chi connectivity index (χ1) is 15.2. The quantitative estimate of drug-likeness (QED) is 0.797. The number of fused-ring (bicyclic) bond motifs is 2. The molecule has 0 saturated heterocycles. The molecule has 2 aromatic rings. The fraction of sp³-hybridized carbons (Fsp3) is 0.320. The summed E-state index contributed by atoms with van der Waals surface area (Å²) in [5.74, 6) is 0.445. The van der Waals surface area contributed by atoms with E-state index < -0.39 is 5.60 Å². The molecule has 7 nitrogen and oxygen atoms in total. The molecule has 0 radical (unpaired) electrons. The van der Waals surface area contributed by atoms with E-state index in [-0.39, 0.29) is 11.9 Å². The molecule has 164 valence electrons. The molecule has 2 aliphatic rings. The van der Waals surface area contributed by atoms with Gasteiger partial charge in [0.15, 0.2) is 0 Å². The number of nitriles is 1. The van der Waals surface area contributed by atoms with E-state index in [1.165, 1.54) is 4.90 Å². The minimum Gasteiger partial charge on any atom is -0.481 e. The van der Waals surface area contributed by atoms with Crippen LogP contribution in [-0.4, -0.2) is 40.9 Å². The summed E-state index contributed by atoms with van der Waals surface area (Å²) in [4.78, 5) is 29.6. The largest absolute Gasteiger partial charge is 0.481 e. The molecule has 3 amide bonds. The second-order valence-electron chi connectivity index (χ2n) is 8.48. The van der Waals surface area contributed by atoms with Crippen molar-refractivity contribution in [3.63, 3.8) is 0 Å². The van der Waals surface area contributed by atoms with Crippen LogP contribution in [0.1, 0.15) is 53.4 Å². The van der Waals surface area contributed by atoms with Crippen molar-refractivity contribution in [1.29, 1.82) is 5.26 Å². The molecule has 0 saturated carbocycles. The number of nitrogens with zero attached hydrogens (tertiary/aromatic N) is 3. The van der Waals surface area contributed by atoms with Gasteiger partial charge in [-0.15, -0.1) is 0 Å². The Morgan fingerprint density at radius 1 is 1.28 bits per heavy atom. The summed E-state index contributed by atoms with van der Waals surface area (Å²) in [5.41, 5.74) is 3.68. The van der Waals surface area contributed by atoms with Crippen LogP contribution in [0.25, 0.3) is 5.70 Å². The number of likely N-dealkylation sites (N-methyl/N-ethyl adjacent to an activating group) is 1. The molecule has 2 aromatic carbocycles. The third kappa shape index (κ3) is 3.19. The van der Waals surface area contributed by atoms with E-state index in [1.807, 2.05) is 52.0 Å². The van der Waals surface area contributed by atoms with Crippen molar-refractivity contribution >= 4 is 17.6 Å². The molecule has 4 rings (SSSR count). The lowest BCUT2D eigenvalue weighted by Gasteiger charge is -2.42. The zero-order chi connectivity index (χ0) is 23.2. The van der Waals surface area contributed by atoms with E-state index in [9.17, 15) is 14.9 Å². The average molecular weight is 431 g/mol. The molecule has 0 aromatic heterocycles. The van der Waals surface area contributed by atoms with Crippen LogP contribution in [-0.2, 0) is 6.54 Å². The number of urea groups is 1. The van der Waals surface area contributed by atoms with Gasteiger partial charge in [-0.3, -0.25) is 9.69 Å². The van der Waals surface area contributed by atoms with Gasteiger partial charge in [0.2, 0.25) is 0 Å². The van der Waals surface area contributed by atoms with Gasteiger partial charge in [0, 0.05) is 24.7 Å². The van der Waals surface area contributed by atoms with Gasteiger partial charge < -0.3 is 15.0 Å². The molecule has 0 aliphatic carbocycles. The van der Waals surface area contributed by atoms with E-state index in [0.717, 1.165) is 5.56 Å². The first-order valence-electron chi connectivity index (χ1n) is 10.6. The van der Waals surface area contributed by atoms with Crippen molar-refractivity contribution in [3.8, 4) is 11.8 Å². The predicted molar refractivity (Wildman–Crippen MR) is 121 cm³/mol. The molecule has 2 heterocycles. The number of benzene rings is 2. The van der Waals surface area contributed by atoms with E-state index in [0.29, 0.717) is 52.5 Å². The number of carbonyl (C=O) groups is 2. The molecule has 0 fully saturated rings. The highest BCUT2D eigenvalue weighted by atomic mass is 16.5. The van der Waals surface area contributed by atoms with Crippen LogP contribution < -0.4 is 10.1 Å². The summed E-state index contributed by atoms with van der Waals surface area (Å²) in [6.45, 7) is 8.29. The summed E-state index contributed by atoms with van der Waals surface area (Å²) in [5, 5.41) is 12.5. The van der Waals surface area contributed by atoms with Gasteiger partial charge in [-0.2, -0.15) is 5.26 Å². The summed E-state index contributed by atoms with van der Waals surface area (Å²) in [7, 11) is 1.67. The number of carbonyl (C=O) groups excluding carboxylic acids is 2. The highest BCUT2D eigenvalue weighted by Gasteiger charge is 2.44. The van der Waals surface area contributed by atoms with Gasteiger partial charge in [-0.1, -0.05) is 18.2 Å². The van der Waals surface area contributed by atoms with E-state index >= 15 is 0 Å². The highest BCUT2D eigenvalue weighted by molar-refractivity contribution is 6.05. The summed E-state index contributed by atoms with van der Waals surface area (Å²) in [6.07, 6.45) is 0. The topological polar surface area (TPSA) is 85.7 Å². The van der Waals surface area contributed by atoms with Crippen LogP contribution in [0, 0.1) is 18.3 Å². The van der Waals surface area contributed by atoms with Crippen LogP contribution in [0.15, 0.2) is 42.1 Å². The molecule has 32 heavy (non-hydrogen) atoms. The molecule has 0 unspecified atom stereocenters. The van der Waals surface area contributed by atoms with Crippen LogP contribution in [0.3, 0.4) is 0 Å². The van der Waals surface area contributed by atoms with Crippen molar-refractivity contribution in [2.45, 2.75) is 39.8 Å². The smallest absolute Gasteiger partial charge is 0.321 e. The summed E-state index contributed by atoms with van der Waals surface area (Å²) < 4.78 is 6.34. The van der Waals surface area contributed by atoms with Crippen LogP contribution in [0.2, 0.25) is 0 Å². The molecular weight excluding hydrogens is 404 g/mol. The fourth-order valence-electron chi connectivity index (χ4n) is 4.55. The molecule has 1 N–H and O–H groups in total. The third-order valence-electron chi connectivity index (χ3n) is 6.00. The lowest BCUT2D eigenvalue weighted by molar-refractivity contribution is 0.0825. The normalized spacial score (nSPS) is 16.1. The number of hydrogen-bond acceptors (Lipinski definition) is 4. The molecule has 0 spiro atoms. The van der Waals surface area contributed by atoms with Crippen molar-refractivity contribution in [1.82, 2.24) is 15.1 Å². The predicted octanol–water partition coefficient (Wildman–Crippen LogP) is 4.02. The zero-order valence-electron chi connectivity index (χ0n) is 18.9. The second kappa shape index (κ2) is 7.72. The van der Waals surface area contributed by atoms with Gasteiger partial charge in [-0.05, 0) is 57.0 Å². The maximum Gasteiger partial charge on any atom is 0.321 e. The lowest BCUT2D eigenvalue weighted by Crippen LogP contribution is -2.49. The number of amides is 3.